The first kappa shape index (κ1) is 25.8. The number of aliphatic carboxylic acids is 1. The standard InChI is InChI=1S/C26H20ClN3O6S/c1-35-21-10-7-18(27)13-20(21)23-28-26(30-29-23)37-22(25(33)34)12-15-5-8-19(9-6-15)36-14-16-3-2-4-17(11-16)24(31)32/h2-13H,14H2,1H3,(H,31,32)(H,33,34)(H,28,29,30)/b22-12-. The molecule has 0 unspecified atom stereocenters. The van der Waals surface area contributed by atoms with Crippen LogP contribution in [0.4, 0.5) is 0 Å². The van der Waals surface area contributed by atoms with E-state index >= 15 is 0 Å². The number of hydrogen-bond acceptors (Lipinski definition) is 7. The number of thioether (sulfide) groups is 1. The number of aromatic amines is 1. The molecule has 0 aliphatic carbocycles. The molecule has 3 aromatic carbocycles. The maximum atomic E-state index is 11.9. The number of methoxy groups -OCH3 is 1. The lowest BCUT2D eigenvalue weighted by Crippen LogP contribution is -2.00. The molecule has 0 radical (unpaired) electrons. The first-order chi connectivity index (χ1) is 17.8. The fourth-order valence-corrected chi connectivity index (χ4v) is 4.16. The van der Waals surface area contributed by atoms with E-state index in [1.807, 2.05) is 0 Å². The van der Waals surface area contributed by atoms with Crippen molar-refractivity contribution in [2.45, 2.75) is 11.8 Å². The average molecular weight is 538 g/mol. The van der Waals surface area contributed by atoms with Gasteiger partial charge in [0.1, 0.15) is 23.0 Å². The number of rotatable bonds is 10. The van der Waals surface area contributed by atoms with E-state index in [0.29, 0.717) is 33.5 Å². The van der Waals surface area contributed by atoms with Crippen molar-refractivity contribution in [3.05, 3.63) is 93.3 Å². The summed E-state index contributed by atoms with van der Waals surface area (Å²) in [5, 5.41) is 26.4. The average Bonchev–Trinajstić information content (AvgIpc) is 3.36. The number of halogens is 1. The Labute approximate surface area is 220 Å². The number of carbonyl (C=O) groups is 2. The number of carboxylic acids is 2. The highest BCUT2D eigenvalue weighted by Gasteiger charge is 2.16. The van der Waals surface area contributed by atoms with Crippen LogP contribution in [0.2, 0.25) is 5.02 Å². The lowest BCUT2D eigenvalue weighted by molar-refractivity contribution is -0.131. The number of aromatic nitrogens is 3. The van der Waals surface area contributed by atoms with Crippen LogP contribution in [0.3, 0.4) is 0 Å². The molecule has 3 N–H and O–H groups in total. The minimum Gasteiger partial charge on any atom is -0.496 e. The maximum Gasteiger partial charge on any atom is 0.342 e. The molecule has 0 aliphatic heterocycles. The molecule has 11 heteroatoms. The third-order valence-corrected chi connectivity index (χ3v) is 6.16. The lowest BCUT2D eigenvalue weighted by atomic mass is 10.1. The Morgan fingerprint density at radius 3 is 2.57 bits per heavy atom. The fourth-order valence-electron chi connectivity index (χ4n) is 3.28. The molecule has 188 valence electrons. The topological polar surface area (TPSA) is 135 Å². The number of carboxylic acid groups (broad SMARTS) is 2. The molecule has 4 aromatic rings. The van der Waals surface area contributed by atoms with Gasteiger partial charge in [-0.15, -0.1) is 5.10 Å². The predicted molar refractivity (Wildman–Crippen MR) is 139 cm³/mol. The van der Waals surface area contributed by atoms with Crippen LogP contribution < -0.4 is 9.47 Å². The van der Waals surface area contributed by atoms with Crippen molar-refractivity contribution in [2.24, 2.45) is 0 Å². The van der Waals surface area contributed by atoms with Gasteiger partial charge in [0, 0.05) is 5.02 Å². The predicted octanol–water partition coefficient (Wildman–Crippen LogP) is 5.63. The van der Waals surface area contributed by atoms with E-state index in [0.717, 1.165) is 17.3 Å². The number of benzene rings is 3. The first-order valence-corrected chi connectivity index (χ1v) is 12.0. The summed E-state index contributed by atoms with van der Waals surface area (Å²) in [6.07, 6.45) is 1.50. The Kier molecular flexibility index (Phi) is 8.11. The smallest absolute Gasteiger partial charge is 0.342 e. The van der Waals surface area contributed by atoms with E-state index in [2.05, 4.69) is 15.2 Å². The van der Waals surface area contributed by atoms with E-state index in [4.69, 9.17) is 26.2 Å². The minimum absolute atomic E-state index is 0.0164. The van der Waals surface area contributed by atoms with Gasteiger partial charge in [0.25, 0.3) is 0 Å². The number of H-pyrrole nitrogens is 1. The highest BCUT2D eigenvalue weighted by Crippen LogP contribution is 2.33. The molecular weight excluding hydrogens is 518 g/mol. The number of ether oxygens (including phenoxy) is 2. The molecular formula is C26H20ClN3O6S. The lowest BCUT2D eigenvalue weighted by Gasteiger charge is -2.07. The van der Waals surface area contributed by atoms with Crippen LogP contribution in [0.15, 0.2) is 76.8 Å². The van der Waals surface area contributed by atoms with Gasteiger partial charge in [0.2, 0.25) is 5.16 Å². The van der Waals surface area contributed by atoms with Crippen LogP contribution in [0.5, 0.6) is 11.5 Å². The Balaban J connectivity index is 1.45. The van der Waals surface area contributed by atoms with Crippen molar-refractivity contribution in [1.29, 1.82) is 0 Å². The Morgan fingerprint density at radius 1 is 1.08 bits per heavy atom. The highest BCUT2D eigenvalue weighted by molar-refractivity contribution is 8.04. The summed E-state index contributed by atoms with van der Waals surface area (Å²) in [5.41, 5.74) is 2.14. The number of nitrogens with zero attached hydrogens (tertiary/aromatic N) is 2. The summed E-state index contributed by atoms with van der Waals surface area (Å²) in [4.78, 5) is 27.4. The number of hydrogen-bond donors (Lipinski definition) is 3. The van der Waals surface area contributed by atoms with Crippen molar-refractivity contribution in [3.8, 4) is 22.9 Å². The summed E-state index contributed by atoms with van der Waals surface area (Å²) >= 11 is 6.98. The van der Waals surface area contributed by atoms with Gasteiger partial charge in [0.05, 0.1) is 18.2 Å². The van der Waals surface area contributed by atoms with Crippen LogP contribution in [-0.4, -0.2) is 44.4 Å². The fraction of sp³-hybridized carbons (Fsp3) is 0.0769. The zero-order valence-corrected chi connectivity index (χ0v) is 20.9. The van der Waals surface area contributed by atoms with Crippen LogP contribution in [0.25, 0.3) is 17.5 Å². The molecule has 9 nitrogen and oxygen atoms in total. The largest absolute Gasteiger partial charge is 0.496 e. The molecule has 0 saturated heterocycles. The van der Waals surface area contributed by atoms with Crippen LogP contribution >= 0.6 is 23.4 Å². The third-order valence-electron chi connectivity index (χ3n) is 5.05. The van der Waals surface area contributed by atoms with E-state index in [9.17, 15) is 14.7 Å². The normalized spacial score (nSPS) is 11.2. The Hall–Kier alpha value is -4.28. The van der Waals surface area contributed by atoms with Crippen LogP contribution in [0, 0.1) is 0 Å². The van der Waals surface area contributed by atoms with Crippen LogP contribution in [-0.2, 0) is 11.4 Å². The quantitative estimate of drug-likeness (QED) is 0.174. The van der Waals surface area contributed by atoms with E-state index in [1.54, 1.807) is 60.7 Å². The summed E-state index contributed by atoms with van der Waals surface area (Å²) in [6.45, 7) is 0.192. The van der Waals surface area contributed by atoms with Crippen molar-refractivity contribution in [2.75, 3.05) is 7.11 Å². The highest BCUT2D eigenvalue weighted by atomic mass is 35.5. The number of nitrogens with one attached hydrogen (secondary N) is 1. The SMILES string of the molecule is COc1ccc(Cl)cc1-c1nc(S/C(=C\c2ccc(OCc3cccc(C(=O)O)c3)cc2)C(=O)O)n[nH]1. The van der Waals surface area contributed by atoms with Crippen LogP contribution in [0.1, 0.15) is 21.5 Å². The Morgan fingerprint density at radius 2 is 1.86 bits per heavy atom. The molecule has 37 heavy (non-hydrogen) atoms. The molecule has 0 aliphatic rings. The Bertz CT molecular complexity index is 1470. The van der Waals surface area contributed by atoms with Gasteiger partial charge in [0.15, 0.2) is 5.82 Å². The van der Waals surface area contributed by atoms with Gasteiger partial charge >= 0.3 is 11.9 Å². The zero-order chi connectivity index (χ0) is 26.4. The van der Waals surface area contributed by atoms with Gasteiger partial charge in [-0.05, 0) is 71.4 Å². The molecule has 0 fully saturated rings. The van der Waals surface area contributed by atoms with Gasteiger partial charge in [-0.3, -0.25) is 5.10 Å². The molecule has 0 spiro atoms. The minimum atomic E-state index is -1.13. The van der Waals surface area contributed by atoms with Gasteiger partial charge in [-0.2, -0.15) is 0 Å². The monoisotopic (exact) mass is 537 g/mol. The zero-order valence-electron chi connectivity index (χ0n) is 19.3. The second kappa shape index (κ2) is 11.6. The molecule has 0 saturated carbocycles. The molecule has 0 atom stereocenters. The molecule has 0 bridgehead atoms. The van der Waals surface area contributed by atoms with Gasteiger partial charge in [-0.25, -0.2) is 14.6 Å². The second-order valence-corrected chi connectivity index (χ2v) is 9.04. The van der Waals surface area contributed by atoms with Crippen molar-refractivity contribution in [3.63, 3.8) is 0 Å². The third kappa shape index (κ3) is 6.69. The molecule has 1 heterocycles. The van der Waals surface area contributed by atoms with Crippen molar-refractivity contribution < 1.29 is 29.3 Å². The van der Waals surface area contributed by atoms with Gasteiger partial charge < -0.3 is 19.7 Å². The molecule has 0 amide bonds. The second-order valence-electron chi connectivity index (χ2n) is 7.59. The summed E-state index contributed by atoms with van der Waals surface area (Å²) in [7, 11) is 1.53. The first-order valence-electron chi connectivity index (χ1n) is 10.8. The molecule has 1 aromatic heterocycles. The number of aromatic carboxylic acids is 1. The van der Waals surface area contributed by atoms with E-state index in [-0.39, 0.29) is 22.2 Å². The van der Waals surface area contributed by atoms with Crippen molar-refractivity contribution >= 4 is 41.4 Å². The van der Waals surface area contributed by atoms with E-state index in [1.165, 1.54) is 19.3 Å². The van der Waals surface area contributed by atoms with Gasteiger partial charge in [-0.1, -0.05) is 35.9 Å². The molecule has 4 rings (SSSR count). The van der Waals surface area contributed by atoms with E-state index < -0.39 is 11.9 Å². The summed E-state index contributed by atoms with van der Waals surface area (Å²) in [5.74, 6) is -0.646. The summed E-state index contributed by atoms with van der Waals surface area (Å²) in [6, 6.07) is 18.4. The van der Waals surface area contributed by atoms with Crippen molar-refractivity contribution in [1.82, 2.24) is 15.2 Å². The summed E-state index contributed by atoms with van der Waals surface area (Å²) < 4.78 is 11.1. The maximum absolute atomic E-state index is 11.9.